The Labute approximate surface area is 333 Å². The Morgan fingerprint density at radius 1 is 0.614 bits per heavy atom. The van der Waals surface area contributed by atoms with E-state index in [4.69, 9.17) is 14.7 Å². The van der Waals surface area contributed by atoms with Crippen molar-refractivity contribution in [1.82, 2.24) is 9.97 Å². The molecule has 0 fully saturated rings. The standard InChI is InChI=1S/C53H39BN2O/c1-3-11-45-43(9-1)44-10-2-4-12-46(44)53-52(45)55-31-48(56-53)42-8-5-7-32(29-42)33-14-15-35-26-36(17-16-34(35)25-33)37-18-19-39-28-40(21-20-38(39)27-37)41-22-23-49-47(30-41)51-50(57-49)13-6-24-54-51/h1-18,20-27,29,31,39-41,47,49H,19,28,30H2. The molecule has 4 aliphatic rings. The van der Waals surface area contributed by atoms with Crippen LogP contribution in [0.4, 0.5) is 0 Å². The van der Waals surface area contributed by atoms with Gasteiger partial charge in [-0.05, 0) is 44.8 Å². The van der Waals surface area contributed by atoms with Crippen molar-refractivity contribution in [3.05, 3.63) is 187 Å². The normalized spacial score (nSPS) is 22.1. The van der Waals surface area contributed by atoms with Crippen molar-refractivity contribution in [1.29, 1.82) is 0 Å². The van der Waals surface area contributed by atoms with Crippen LogP contribution in [0.3, 0.4) is 0 Å². The van der Waals surface area contributed by atoms with Gasteiger partial charge in [-0.25, -0.2) is 4.98 Å². The number of allylic oxidation sites excluding steroid dienone is 7. The summed E-state index contributed by atoms with van der Waals surface area (Å²) in [5.74, 6) is 5.42. The third-order valence-electron chi connectivity index (χ3n) is 13.2. The maximum absolute atomic E-state index is 6.26. The molecule has 0 saturated heterocycles. The van der Waals surface area contributed by atoms with Gasteiger partial charge in [0.1, 0.15) is 0 Å². The number of ether oxygens (including phenoxy) is 1. The number of benzene rings is 6. The van der Waals surface area contributed by atoms with E-state index in [1.165, 1.54) is 67.7 Å². The van der Waals surface area contributed by atoms with Crippen molar-refractivity contribution in [2.45, 2.75) is 31.3 Å². The quantitative estimate of drug-likeness (QED) is 0.134. The van der Waals surface area contributed by atoms with E-state index in [-0.39, 0.29) is 6.10 Å². The molecule has 0 bridgehead atoms. The van der Waals surface area contributed by atoms with Gasteiger partial charge in [0.15, 0.2) is 0 Å². The molecule has 3 aliphatic carbocycles. The van der Waals surface area contributed by atoms with Crippen LogP contribution >= 0.6 is 0 Å². The van der Waals surface area contributed by atoms with Gasteiger partial charge in [-0.3, -0.25) is 4.98 Å². The molecule has 12 rings (SSSR count). The molecule has 0 spiro atoms. The monoisotopic (exact) mass is 730 g/mol. The Morgan fingerprint density at radius 3 is 2.21 bits per heavy atom. The van der Waals surface area contributed by atoms with Gasteiger partial charge in [-0.15, -0.1) is 0 Å². The van der Waals surface area contributed by atoms with Gasteiger partial charge in [0.25, 0.3) is 0 Å². The van der Waals surface area contributed by atoms with Gasteiger partial charge in [0.05, 0.1) is 22.9 Å². The summed E-state index contributed by atoms with van der Waals surface area (Å²) in [4.78, 5) is 10.3. The van der Waals surface area contributed by atoms with Crippen molar-refractivity contribution in [2.75, 3.05) is 0 Å². The van der Waals surface area contributed by atoms with E-state index in [2.05, 4.69) is 171 Å². The van der Waals surface area contributed by atoms with Crippen LogP contribution in [0.2, 0.25) is 0 Å². The fourth-order valence-corrected chi connectivity index (χ4v) is 10.2. The first-order valence-corrected chi connectivity index (χ1v) is 20.5. The number of hydrogen-bond donors (Lipinski definition) is 0. The van der Waals surface area contributed by atoms with Crippen LogP contribution in [-0.4, -0.2) is 23.0 Å². The number of hydrogen-bond acceptors (Lipinski definition) is 3. The zero-order valence-electron chi connectivity index (χ0n) is 31.6. The summed E-state index contributed by atoms with van der Waals surface area (Å²) < 4.78 is 6.26. The number of nitrogens with zero attached hydrogens (tertiary/aromatic N) is 2. The van der Waals surface area contributed by atoms with Crippen LogP contribution in [0.15, 0.2) is 176 Å². The summed E-state index contributed by atoms with van der Waals surface area (Å²) in [5, 5.41) is 7.18. The zero-order valence-corrected chi connectivity index (χ0v) is 31.6. The second-order valence-electron chi connectivity index (χ2n) is 16.4. The zero-order chi connectivity index (χ0) is 37.5. The molecule has 4 heteroatoms. The molecule has 0 radical (unpaired) electrons. The second kappa shape index (κ2) is 13.1. The second-order valence-corrected chi connectivity index (χ2v) is 16.4. The summed E-state index contributed by atoms with van der Waals surface area (Å²) in [6.45, 7) is 2.26. The molecule has 0 amide bonds. The molecule has 8 aromatic rings. The first kappa shape index (κ1) is 32.8. The fourth-order valence-electron chi connectivity index (χ4n) is 10.2. The summed E-state index contributed by atoms with van der Waals surface area (Å²) >= 11 is 0. The third-order valence-corrected chi connectivity index (χ3v) is 13.2. The van der Waals surface area contributed by atoms with E-state index in [1.807, 2.05) is 6.20 Å². The van der Waals surface area contributed by atoms with Crippen molar-refractivity contribution < 1.29 is 4.74 Å². The van der Waals surface area contributed by atoms with Gasteiger partial charge >= 0.3 is 155 Å². The summed E-state index contributed by atoms with van der Waals surface area (Å²) in [7, 11) is 0. The maximum atomic E-state index is 6.26. The van der Waals surface area contributed by atoms with Crippen LogP contribution in [0.5, 0.6) is 5.75 Å². The van der Waals surface area contributed by atoms with Crippen molar-refractivity contribution in [2.24, 2.45) is 17.8 Å². The van der Waals surface area contributed by atoms with Gasteiger partial charge in [-0.2, -0.15) is 0 Å². The Morgan fingerprint density at radius 2 is 1.35 bits per heavy atom. The fraction of sp³-hybridized carbons (Fsp3) is 0.151. The van der Waals surface area contributed by atoms with Gasteiger partial charge < -0.3 is 0 Å². The molecule has 5 atom stereocenters. The Balaban J connectivity index is 0.793. The molecule has 2 aromatic heterocycles. The van der Waals surface area contributed by atoms with E-state index < -0.39 is 0 Å². The molecule has 6 aromatic carbocycles. The Hall–Kier alpha value is -6.39. The number of fused-ring (bicyclic) bond motifs is 11. The predicted octanol–water partition coefficient (Wildman–Crippen LogP) is 12.8. The predicted molar refractivity (Wildman–Crippen MR) is 237 cm³/mol. The van der Waals surface area contributed by atoms with Gasteiger partial charge in [0, 0.05) is 16.3 Å². The molecule has 0 N–H and O–H groups in total. The molecule has 57 heavy (non-hydrogen) atoms. The van der Waals surface area contributed by atoms with Crippen LogP contribution < -0.4 is 4.74 Å². The van der Waals surface area contributed by atoms with Crippen LogP contribution in [0, 0.1) is 17.8 Å². The SMILES string of the molecule is b1cccc2c1C1CC(C3C=CC4=CC(c5ccc6cc(-c7cccc(-c8cnc9c%10ccccc%10c%10ccccc%10c9n8)c7)ccc6c5)=CCC4C3)C=CC1O2. The van der Waals surface area contributed by atoms with E-state index >= 15 is 0 Å². The van der Waals surface area contributed by atoms with Gasteiger partial charge in [-0.1, -0.05) is 84.9 Å². The van der Waals surface area contributed by atoms with Crippen molar-refractivity contribution in [3.63, 3.8) is 0 Å². The average Bonchev–Trinajstić information content (AvgIpc) is 3.66. The molecular formula is C53H39BN2O. The Bertz CT molecular complexity index is 3050. The van der Waals surface area contributed by atoms with E-state index in [0.29, 0.717) is 23.7 Å². The summed E-state index contributed by atoms with van der Waals surface area (Å²) in [6.07, 6.45) is 20.2. The first-order valence-electron chi connectivity index (χ1n) is 20.5. The molecule has 5 unspecified atom stereocenters. The third kappa shape index (κ3) is 5.53. The number of rotatable bonds is 4. The molecule has 1 aliphatic heterocycles. The van der Waals surface area contributed by atoms with E-state index in [9.17, 15) is 0 Å². The number of aromatic nitrogens is 2. The average molecular weight is 731 g/mol. The summed E-state index contributed by atoms with van der Waals surface area (Å²) in [5.41, 5.74) is 11.7. The van der Waals surface area contributed by atoms with E-state index in [1.54, 1.807) is 0 Å². The minimum atomic E-state index is 0.196. The van der Waals surface area contributed by atoms with Crippen LogP contribution in [0.25, 0.3) is 71.3 Å². The molecule has 3 nitrogen and oxygen atoms in total. The van der Waals surface area contributed by atoms with Crippen molar-refractivity contribution >= 4 is 55.8 Å². The molecule has 270 valence electrons. The molecule has 0 saturated carbocycles. The Kier molecular flexibility index (Phi) is 7.54. The minimum absolute atomic E-state index is 0.196. The molecule has 3 heterocycles. The molecular weight excluding hydrogens is 691 g/mol. The van der Waals surface area contributed by atoms with Crippen LogP contribution in [0.1, 0.15) is 36.2 Å². The summed E-state index contributed by atoms with van der Waals surface area (Å²) in [6, 6.07) is 43.7. The topological polar surface area (TPSA) is 35.0 Å². The van der Waals surface area contributed by atoms with E-state index in [0.717, 1.165) is 45.2 Å². The van der Waals surface area contributed by atoms with Crippen LogP contribution in [-0.2, 0) is 0 Å². The van der Waals surface area contributed by atoms with Gasteiger partial charge in [0.2, 0.25) is 0 Å². The first-order chi connectivity index (χ1) is 28.2. The van der Waals surface area contributed by atoms with Crippen molar-refractivity contribution in [3.8, 4) is 28.1 Å².